The van der Waals surface area contributed by atoms with Crippen LogP contribution in [0.5, 0.6) is 0 Å². The van der Waals surface area contributed by atoms with Crippen LogP contribution in [-0.4, -0.2) is 11.8 Å². The summed E-state index contributed by atoms with van der Waals surface area (Å²) < 4.78 is 0. The van der Waals surface area contributed by atoms with E-state index in [4.69, 9.17) is 16.2 Å². The normalized spacial score (nSPS) is 4.00. The van der Waals surface area contributed by atoms with Crippen LogP contribution in [-0.2, 0) is 5.26 Å². The van der Waals surface area contributed by atoms with Crippen molar-refractivity contribution in [3.8, 4) is 0 Å². The second-order valence-corrected chi connectivity index (χ2v) is 0.408. The molecule has 0 saturated heterocycles. The molecule has 0 rings (SSSR count). The lowest BCUT2D eigenvalue weighted by atomic mass is 10.8. The highest BCUT2D eigenvalue weighted by atomic mass is 35.5. The average molecular weight is 115 g/mol. The molecule has 0 aliphatic rings. The molecule has 0 spiro atoms. The van der Waals surface area contributed by atoms with Gasteiger partial charge in [0, 0.05) is 0 Å². The van der Waals surface area contributed by atoms with E-state index in [0.29, 0.717) is 0 Å². The Morgan fingerprint density at radius 2 is 1.67 bits per heavy atom. The predicted molar refractivity (Wildman–Crippen MR) is 25.3 cm³/mol. The molecule has 0 fully saturated rings. The fraction of sp³-hybridized carbons (Fsp3) is 1.00. The SMILES string of the molecule is CCN.Cl.[O]O. The van der Waals surface area contributed by atoms with Gasteiger partial charge >= 0.3 is 0 Å². The molecule has 6 heavy (non-hydrogen) atoms. The van der Waals surface area contributed by atoms with Crippen LogP contribution in [0.2, 0.25) is 0 Å². The highest BCUT2D eigenvalue weighted by Gasteiger charge is 1.32. The topological polar surface area (TPSA) is 66.2 Å². The van der Waals surface area contributed by atoms with Crippen molar-refractivity contribution in [2.75, 3.05) is 6.54 Å². The Bertz CT molecular complexity index is 11.5. The van der Waals surface area contributed by atoms with E-state index in [-0.39, 0.29) is 12.4 Å². The van der Waals surface area contributed by atoms with Crippen LogP contribution in [0.15, 0.2) is 0 Å². The van der Waals surface area contributed by atoms with Gasteiger partial charge in [-0.2, -0.15) is 0 Å². The maximum atomic E-state index is 7.25. The second kappa shape index (κ2) is 65.7. The van der Waals surface area contributed by atoms with E-state index in [1.54, 1.807) is 0 Å². The van der Waals surface area contributed by atoms with Crippen LogP contribution in [0.4, 0.5) is 0 Å². The lowest BCUT2D eigenvalue weighted by molar-refractivity contribution is -0.247. The lowest BCUT2D eigenvalue weighted by Gasteiger charge is -1.53. The average Bonchev–Trinajstić information content (AvgIpc) is 1.46. The van der Waals surface area contributed by atoms with Gasteiger partial charge in [0.1, 0.15) is 0 Å². The summed E-state index contributed by atoms with van der Waals surface area (Å²) in [5.74, 6) is 0. The van der Waals surface area contributed by atoms with Gasteiger partial charge in [-0.3, -0.25) is 0 Å². The Labute approximate surface area is 43.1 Å². The van der Waals surface area contributed by atoms with Crippen molar-refractivity contribution < 1.29 is 10.5 Å². The number of hydrogen-bond donors (Lipinski definition) is 2. The van der Waals surface area contributed by atoms with Gasteiger partial charge in [0.05, 0.1) is 0 Å². The van der Waals surface area contributed by atoms with Gasteiger partial charge < -0.3 is 5.73 Å². The standard InChI is InChI=1S/C2H7N.ClH.HO2/c1-2-3;;1-2/h2-3H2,1H3;1H;1H. The van der Waals surface area contributed by atoms with Gasteiger partial charge in [-0.05, 0) is 11.8 Å². The number of nitrogens with two attached hydrogens (primary N) is 1. The summed E-state index contributed by atoms with van der Waals surface area (Å²) in [5.41, 5.74) is 4.85. The molecule has 1 radical (unpaired) electrons. The third-order valence-corrected chi connectivity index (χ3v) is 0. The summed E-state index contributed by atoms with van der Waals surface area (Å²) in [4.78, 5) is 0. The van der Waals surface area contributed by atoms with Crippen molar-refractivity contribution in [1.82, 2.24) is 0 Å². The third-order valence-electron chi connectivity index (χ3n) is 0. The molecule has 0 bridgehead atoms. The Hall–Kier alpha value is 0.170. The van der Waals surface area contributed by atoms with E-state index in [1.165, 1.54) is 0 Å². The molecular formula is C2H9ClNO2. The minimum absolute atomic E-state index is 0. The fourth-order valence-electron chi connectivity index (χ4n) is 0. The highest BCUT2D eigenvalue weighted by molar-refractivity contribution is 5.85. The monoisotopic (exact) mass is 114 g/mol. The van der Waals surface area contributed by atoms with Crippen LogP contribution in [0.1, 0.15) is 6.92 Å². The van der Waals surface area contributed by atoms with Gasteiger partial charge in [0.25, 0.3) is 0 Å². The molecule has 0 aromatic heterocycles. The number of rotatable bonds is 0. The molecule has 0 heterocycles. The summed E-state index contributed by atoms with van der Waals surface area (Å²) in [6.45, 7) is 2.65. The zero-order valence-corrected chi connectivity index (χ0v) is 4.36. The molecule has 0 aliphatic heterocycles. The van der Waals surface area contributed by atoms with Gasteiger partial charge in [0.15, 0.2) is 0 Å². The lowest BCUT2D eigenvalue weighted by Crippen LogP contribution is -1.87. The molecule has 0 aromatic carbocycles. The van der Waals surface area contributed by atoms with Crippen LogP contribution < -0.4 is 5.73 Å². The molecule has 3 N–H and O–H groups in total. The minimum Gasteiger partial charge on any atom is -0.331 e. The molecule has 3 nitrogen and oxygen atoms in total. The van der Waals surface area contributed by atoms with Crippen LogP contribution in [0.3, 0.4) is 0 Å². The van der Waals surface area contributed by atoms with Crippen LogP contribution in [0, 0.1) is 0 Å². The number of hydrogen-bond acceptors (Lipinski definition) is 2. The minimum atomic E-state index is 0. The van der Waals surface area contributed by atoms with Crippen LogP contribution in [0.25, 0.3) is 0 Å². The molecule has 41 valence electrons. The quantitative estimate of drug-likeness (QED) is 0.351. The zero-order chi connectivity index (χ0) is 4.71. The van der Waals surface area contributed by atoms with Gasteiger partial charge in [0.2, 0.25) is 0 Å². The maximum Gasteiger partial charge on any atom is -0.0106 e. The molecule has 0 unspecified atom stereocenters. The molecule has 4 heteroatoms. The van der Waals surface area contributed by atoms with Crippen molar-refractivity contribution >= 4 is 12.4 Å². The molecular weight excluding hydrogens is 105 g/mol. The molecule has 0 aromatic rings. The second-order valence-electron chi connectivity index (χ2n) is 0.408. The zero-order valence-electron chi connectivity index (χ0n) is 3.55. The Morgan fingerprint density at radius 3 is 1.67 bits per heavy atom. The highest BCUT2D eigenvalue weighted by Crippen LogP contribution is 1.20. The number of halogens is 1. The summed E-state index contributed by atoms with van der Waals surface area (Å²) >= 11 is 0. The molecule has 0 aliphatic carbocycles. The van der Waals surface area contributed by atoms with Gasteiger partial charge in [-0.25, -0.2) is 5.26 Å². The predicted octanol–water partition coefficient (Wildman–Crippen LogP) is 0.277. The van der Waals surface area contributed by atoms with Gasteiger partial charge in [-0.15, -0.1) is 12.4 Å². The Morgan fingerprint density at radius 1 is 1.67 bits per heavy atom. The fourth-order valence-corrected chi connectivity index (χ4v) is 0. The molecule has 0 atom stereocenters. The van der Waals surface area contributed by atoms with E-state index in [0.717, 1.165) is 6.54 Å². The van der Waals surface area contributed by atoms with E-state index < -0.39 is 0 Å². The van der Waals surface area contributed by atoms with E-state index >= 15 is 0 Å². The first-order valence-corrected chi connectivity index (χ1v) is 1.30. The smallest absolute Gasteiger partial charge is 0.0106 e. The Balaban J connectivity index is -0.0000000275. The molecule has 0 amide bonds. The summed E-state index contributed by atoms with van der Waals surface area (Å²) in [5, 5.41) is 13.0. The largest absolute Gasteiger partial charge is 0.331 e. The van der Waals surface area contributed by atoms with Crippen LogP contribution >= 0.6 is 12.4 Å². The maximum absolute atomic E-state index is 7.25. The first-order valence-electron chi connectivity index (χ1n) is 1.30. The van der Waals surface area contributed by atoms with Crippen molar-refractivity contribution in [1.29, 1.82) is 0 Å². The van der Waals surface area contributed by atoms with E-state index in [2.05, 4.69) is 0 Å². The third kappa shape index (κ3) is 1450. The first-order chi connectivity index (χ1) is 2.41. The summed E-state index contributed by atoms with van der Waals surface area (Å²) in [7, 11) is 0. The van der Waals surface area contributed by atoms with E-state index in [1.807, 2.05) is 6.92 Å². The van der Waals surface area contributed by atoms with Crippen molar-refractivity contribution in [3.63, 3.8) is 0 Å². The Kier molecular flexibility index (Phi) is 180. The molecule has 0 saturated carbocycles. The van der Waals surface area contributed by atoms with E-state index in [9.17, 15) is 0 Å². The summed E-state index contributed by atoms with van der Waals surface area (Å²) in [6, 6.07) is 0. The van der Waals surface area contributed by atoms with Gasteiger partial charge in [-0.1, -0.05) is 6.92 Å². The van der Waals surface area contributed by atoms with Crippen molar-refractivity contribution in [2.24, 2.45) is 5.73 Å². The van der Waals surface area contributed by atoms with Crippen molar-refractivity contribution in [2.45, 2.75) is 6.92 Å². The summed E-state index contributed by atoms with van der Waals surface area (Å²) in [6.07, 6.45) is 0. The van der Waals surface area contributed by atoms with Crippen molar-refractivity contribution in [3.05, 3.63) is 0 Å². The first kappa shape index (κ1) is 16.4.